The number of methoxy groups -OCH3 is 1. The van der Waals surface area contributed by atoms with Crippen molar-refractivity contribution >= 4 is 5.91 Å². The SMILES string of the molecule is COc1ccc(CN(C)C(=O)c2ccc(-n3c(C)ccc3C)cc2)cc1. The van der Waals surface area contributed by atoms with Gasteiger partial charge in [0.15, 0.2) is 0 Å². The van der Waals surface area contributed by atoms with Crippen molar-refractivity contribution in [3.63, 3.8) is 0 Å². The van der Waals surface area contributed by atoms with Gasteiger partial charge in [0.25, 0.3) is 5.91 Å². The average Bonchev–Trinajstić information content (AvgIpc) is 3.00. The predicted molar refractivity (Wildman–Crippen MR) is 104 cm³/mol. The van der Waals surface area contributed by atoms with E-state index in [9.17, 15) is 4.79 Å². The first-order valence-corrected chi connectivity index (χ1v) is 8.63. The third-order valence-electron chi connectivity index (χ3n) is 4.57. The molecule has 4 nitrogen and oxygen atoms in total. The highest BCUT2D eigenvalue weighted by Gasteiger charge is 2.13. The van der Waals surface area contributed by atoms with Crippen molar-refractivity contribution in [3.8, 4) is 11.4 Å². The second-order valence-corrected chi connectivity index (χ2v) is 6.51. The molecule has 0 saturated heterocycles. The summed E-state index contributed by atoms with van der Waals surface area (Å²) in [5, 5.41) is 0. The minimum atomic E-state index is 0.00770. The third-order valence-corrected chi connectivity index (χ3v) is 4.57. The second kappa shape index (κ2) is 7.48. The van der Waals surface area contributed by atoms with Crippen LogP contribution in [0.3, 0.4) is 0 Å². The van der Waals surface area contributed by atoms with E-state index in [2.05, 4.69) is 30.5 Å². The third kappa shape index (κ3) is 3.64. The molecule has 0 fully saturated rings. The van der Waals surface area contributed by atoms with Gasteiger partial charge in [-0.1, -0.05) is 12.1 Å². The highest BCUT2D eigenvalue weighted by Crippen LogP contribution is 2.18. The van der Waals surface area contributed by atoms with Crippen LogP contribution in [0.2, 0.25) is 0 Å². The smallest absolute Gasteiger partial charge is 0.253 e. The number of carbonyl (C=O) groups is 1. The summed E-state index contributed by atoms with van der Waals surface area (Å²) in [6.45, 7) is 4.71. The number of amides is 1. The van der Waals surface area contributed by atoms with Gasteiger partial charge >= 0.3 is 0 Å². The number of rotatable bonds is 5. The van der Waals surface area contributed by atoms with Gasteiger partial charge in [0.2, 0.25) is 0 Å². The number of aryl methyl sites for hydroxylation is 2. The van der Waals surface area contributed by atoms with E-state index in [4.69, 9.17) is 4.74 Å². The lowest BCUT2D eigenvalue weighted by atomic mass is 10.1. The lowest BCUT2D eigenvalue weighted by Crippen LogP contribution is -2.26. The standard InChI is InChI=1S/C22H24N2O2/c1-16-5-6-17(2)24(16)20-11-9-19(10-12-20)22(25)23(3)15-18-7-13-21(26-4)14-8-18/h5-14H,15H2,1-4H3. The van der Waals surface area contributed by atoms with Gasteiger partial charge in [-0.3, -0.25) is 4.79 Å². The van der Waals surface area contributed by atoms with Gasteiger partial charge in [-0.05, 0) is 67.9 Å². The molecule has 0 spiro atoms. The molecule has 1 aromatic heterocycles. The maximum absolute atomic E-state index is 12.7. The lowest BCUT2D eigenvalue weighted by molar-refractivity contribution is 0.0785. The first kappa shape index (κ1) is 17.8. The van der Waals surface area contributed by atoms with Gasteiger partial charge in [-0.15, -0.1) is 0 Å². The molecule has 0 atom stereocenters. The number of hydrogen-bond donors (Lipinski definition) is 0. The van der Waals surface area contributed by atoms with E-state index in [1.54, 1.807) is 12.0 Å². The Bertz CT molecular complexity index is 873. The molecule has 0 saturated carbocycles. The van der Waals surface area contributed by atoms with Crippen molar-refractivity contribution in [3.05, 3.63) is 83.2 Å². The molecule has 134 valence electrons. The molecule has 26 heavy (non-hydrogen) atoms. The lowest BCUT2D eigenvalue weighted by Gasteiger charge is -2.18. The maximum Gasteiger partial charge on any atom is 0.253 e. The van der Waals surface area contributed by atoms with Gasteiger partial charge in [0, 0.05) is 36.2 Å². The Morgan fingerprint density at radius 3 is 2.04 bits per heavy atom. The number of hydrogen-bond acceptors (Lipinski definition) is 2. The summed E-state index contributed by atoms with van der Waals surface area (Å²) in [4.78, 5) is 14.4. The van der Waals surface area contributed by atoms with Gasteiger partial charge in [-0.2, -0.15) is 0 Å². The molecule has 4 heteroatoms. The normalized spacial score (nSPS) is 10.6. The van der Waals surface area contributed by atoms with E-state index in [1.807, 2.05) is 55.6 Å². The van der Waals surface area contributed by atoms with Gasteiger partial charge in [0.05, 0.1) is 7.11 Å². The molecule has 0 aliphatic carbocycles. The first-order chi connectivity index (χ1) is 12.5. The van der Waals surface area contributed by atoms with Crippen molar-refractivity contribution in [1.29, 1.82) is 0 Å². The fourth-order valence-electron chi connectivity index (χ4n) is 3.13. The zero-order valence-electron chi connectivity index (χ0n) is 15.7. The summed E-state index contributed by atoms with van der Waals surface area (Å²) in [6.07, 6.45) is 0. The Labute approximate surface area is 154 Å². The summed E-state index contributed by atoms with van der Waals surface area (Å²) in [6, 6.07) is 19.7. The summed E-state index contributed by atoms with van der Waals surface area (Å²) in [7, 11) is 3.46. The molecular weight excluding hydrogens is 324 g/mol. The van der Waals surface area contributed by atoms with Crippen LogP contribution in [0.5, 0.6) is 5.75 Å². The summed E-state index contributed by atoms with van der Waals surface area (Å²) in [5.41, 5.74) is 5.18. The molecule has 2 aromatic carbocycles. The summed E-state index contributed by atoms with van der Waals surface area (Å²) >= 11 is 0. The minimum absolute atomic E-state index is 0.00770. The molecule has 0 unspecified atom stereocenters. The van der Waals surface area contributed by atoms with Crippen LogP contribution >= 0.6 is 0 Å². The molecule has 3 aromatic rings. The van der Waals surface area contributed by atoms with Crippen LogP contribution in [-0.4, -0.2) is 29.5 Å². The number of nitrogens with zero attached hydrogens (tertiary/aromatic N) is 2. The fraction of sp³-hybridized carbons (Fsp3) is 0.227. The van der Waals surface area contributed by atoms with E-state index in [1.165, 1.54) is 11.4 Å². The molecule has 0 bridgehead atoms. The molecule has 3 rings (SSSR count). The van der Waals surface area contributed by atoms with Crippen LogP contribution in [-0.2, 0) is 6.54 Å². The van der Waals surface area contributed by atoms with Crippen molar-refractivity contribution in [2.75, 3.05) is 14.2 Å². The molecule has 1 amide bonds. The van der Waals surface area contributed by atoms with Crippen LogP contribution in [0, 0.1) is 13.8 Å². The Kier molecular flexibility index (Phi) is 5.12. The topological polar surface area (TPSA) is 34.5 Å². The van der Waals surface area contributed by atoms with Crippen LogP contribution in [0.25, 0.3) is 5.69 Å². The fourth-order valence-corrected chi connectivity index (χ4v) is 3.13. The predicted octanol–water partition coefficient (Wildman–Crippen LogP) is 4.37. The first-order valence-electron chi connectivity index (χ1n) is 8.63. The van der Waals surface area contributed by atoms with E-state index >= 15 is 0 Å². The molecule has 1 heterocycles. The summed E-state index contributed by atoms with van der Waals surface area (Å²) in [5.74, 6) is 0.822. The van der Waals surface area contributed by atoms with Crippen molar-refractivity contribution in [2.45, 2.75) is 20.4 Å². The molecule has 0 aliphatic heterocycles. The zero-order chi connectivity index (χ0) is 18.7. The van der Waals surface area contributed by atoms with Gasteiger partial charge < -0.3 is 14.2 Å². The van der Waals surface area contributed by atoms with Crippen LogP contribution < -0.4 is 4.74 Å². The highest BCUT2D eigenvalue weighted by molar-refractivity contribution is 5.94. The van der Waals surface area contributed by atoms with E-state index in [0.29, 0.717) is 12.1 Å². The second-order valence-electron chi connectivity index (χ2n) is 6.51. The largest absolute Gasteiger partial charge is 0.497 e. The Morgan fingerprint density at radius 1 is 0.923 bits per heavy atom. The van der Waals surface area contributed by atoms with Crippen molar-refractivity contribution < 1.29 is 9.53 Å². The average molecular weight is 348 g/mol. The van der Waals surface area contributed by atoms with E-state index in [0.717, 1.165) is 17.0 Å². The number of ether oxygens (including phenoxy) is 1. The molecular formula is C22H24N2O2. The molecule has 0 radical (unpaired) electrons. The van der Waals surface area contributed by atoms with E-state index < -0.39 is 0 Å². The van der Waals surface area contributed by atoms with Gasteiger partial charge in [0.1, 0.15) is 5.75 Å². The Morgan fingerprint density at radius 2 is 1.50 bits per heavy atom. The van der Waals surface area contributed by atoms with E-state index in [-0.39, 0.29) is 5.91 Å². The Balaban J connectivity index is 1.72. The highest BCUT2D eigenvalue weighted by atomic mass is 16.5. The number of aromatic nitrogens is 1. The minimum Gasteiger partial charge on any atom is -0.497 e. The molecule has 0 aliphatic rings. The Hall–Kier alpha value is -3.01. The van der Waals surface area contributed by atoms with Crippen LogP contribution in [0.15, 0.2) is 60.7 Å². The number of benzene rings is 2. The number of carbonyl (C=O) groups excluding carboxylic acids is 1. The van der Waals surface area contributed by atoms with Crippen molar-refractivity contribution in [1.82, 2.24) is 9.47 Å². The van der Waals surface area contributed by atoms with Crippen LogP contribution in [0.1, 0.15) is 27.3 Å². The monoisotopic (exact) mass is 348 g/mol. The van der Waals surface area contributed by atoms with Crippen LogP contribution in [0.4, 0.5) is 0 Å². The van der Waals surface area contributed by atoms with Gasteiger partial charge in [-0.25, -0.2) is 0 Å². The summed E-state index contributed by atoms with van der Waals surface area (Å²) < 4.78 is 7.34. The zero-order valence-corrected chi connectivity index (χ0v) is 15.7. The van der Waals surface area contributed by atoms with Crippen molar-refractivity contribution in [2.24, 2.45) is 0 Å². The maximum atomic E-state index is 12.7. The quantitative estimate of drug-likeness (QED) is 0.686. The molecule has 0 N–H and O–H groups in total.